The minimum atomic E-state index is -0.296. The van der Waals surface area contributed by atoms with Crippen LogP contribution in [-0.2, 0) is 12.0 Å². The van der Waals surface area contributed by atoms with Gasteiger partial charge in [-0.15, -0.1) is 0 Å². The van der Waals surface area contributed by atoms with E-state index in [9.17, 15) is 0 Å². The summed E-state index contributed by atoms with van der Waals surface area (Å²) in [5.41, 5.74) is 10.4. The zero-order valence-electron chi connectivity index (χ0n) is 12.0. The number of nitrogens with zero attached hydrogens (tertiary/aromatic N) is 1. The van der Waals surface area contributed by atoms with Crippen molar-refractivity contribution in [1.82, 2.24) is 4.98 Å². The number of rotatable bonds is 4. The van der Waals surface area contributed by atoms with Crippen LogP contribution in [0.25, 0.3) is 0 Å². The Labute approximate surface area is 121 Å². The Morgan fingerprint density at radius 1 is 1.20 bits per heavy atom. The Hall–Kier alpha value is -1.67. The highest BCUT2D eigenvalue weighted by atomic mass is 14.8. The first-order valence-electron chi connectivity index (χ1n) is 7.54. The molecule has 0 saturated carbocycles. The lowest BCUT2D eigenvalue weighted by Gasteiger charge is -2.36. The van der Waals surface area contributed by atoms with E-state index in [2.05, 4.69) is 48.3 Å². The number of hydrogen-bond donors (Lipinski definition) is 1. The van der Waals surface area contributed by atoms with Gasteiger partial charge < -0.3 is 5.73 Å². The van der Waals surface area contributed by atoms with Crippen LogP contribution in [0.3, 0.4) is 0 Å². The maximum absolute atomic E-state index is 6.91. The fourth-order valence-electron chi connectivity index (χ4n) is 3.60. The third kappa shape index (κ3) is 2.14. The Balaban J connectivity index is 2.04. The van der Waals surface area contributed by atoms with E-state index in [1.165, 1.54) is 16.8 Å². The number of fused-ring (bicyclic) bond motifs is 1. The van der Waals surface area contributed by atoms with E-state index < -0.39 is 0 Å². The van der Waals surface area contributed by atoms with Crippen molar-refractivity contribution in [3.05, 3.63) is 65.5 Å². The molecule has 20 heavy (non-hydrogen) atoms. The van der Waals surface area contributed by atoms with Gasteiger partial charge in [0.05, 0.1) is 0 Å². The summed E-state index contributed by atoms with van der Waals surface area (Å²) in [4.78, 5) is 4.63. The van der Waals surface area contributed by atoms with Gasteiger partial charge >= 0.3 is 0 Å². The van der Waals surface area contributed by atoms with Crippen LogP contribution >= 0.6 is 0 Å². The molecule has 2 nitrogen and oxygen atoms in total. The monoisotopic (exact) mass is 266 g/mol. The van der Waals surface area contributed by atoms with Crippen molar-refractivity contribution in [3.8, 4) is 0 Å². The summed E-state index contributed by atoms with van der Waals surface area (Å²) >= 11 is 0. The van der Waals surface area contributed by atoms with Gasteiger partial charge in [0.25, 0.3) is 0 Å². The number of pyridine rings is 1. The predicted molar refractivity (Wildman–Crippen MR) is 82.5 cm³/mol. The molecule has 0 radical (unpaired) electrons. The van der Waals surface area contributed by atoms with Crippen molar-refractivity contribution in [2.75, 3.05) is 0 Å². The maximum atomic E-state index is 6.91. The highest BCUT2D eigenvalue weighted by Crippen LogP contribution is 2.45. The maximum Gasteiger partial charge on any atom is 0.0494 e. The number of aromatic nitrogens is 1. The number of hydrogen-bond acceptors (Lipinski definition) is 2. The van der Waals surface area contributed by atoms with Crippen molar-refractivity contribution in [1.29, 1.82) is 0 Å². The van der Waals surface area contributed by atoms with Gasteiger partial charge in [0.2, 0.25) is 0 Å². The molecule has 0 amide bonds. The normalized spacial score (nSPS) is 20.4. The molecule has 0 spiro atoms. The largest absolute Gasteiger partial charge is 0.321 e. The molecule has 1 aromatic carbocycles. The van der Waals surface area contributed by atoms with Crippen molar-refractivity contribution < 1.29 is 0 Å². The smallest absolute Gasteiger partial charge is 0.0494 e. The molecule has 2 unspecified atom stereocenters. The summed E-state index contributed by atoms with van der Waals surface area (Å²) in [6.45, 7) is 2.21. The molecule has 0 saturated heterocycles. The van der Waals surface area contributed by atoms with Gasteiger partial charge in [0.15, 0.2) is 0 Å². The summed E-state index contributed by atoms with van der Waals surface area (Å²) in [6.07, 6.45) is 6.19. The van der Waals surface area contributed by atoms with Crippen LogP contribution in [-0.4, -0.2) is 4.98 Å². The third-order valence-corrected chi connectivity index (χ3v) is 4.56. The topological polar surface area (TPSA) is 38.9 Å². The summed E-state index contributed by atoms with van der Waals surface area (Å²) in [5, 5.41) is 0. The van der Waals surface area contributed by atoms with E-state index >= 15 is 0 Å². The molecule has 2 atom stereocenters. The molecule has 2 N–H and O–H groups in total. The molecule has 0 fully saturated rings. The van der Waals surface area contributed by atoms with Gasteiger partial charge in [-0.25, -0.2) is 0 Å². The summed E-state index contributed by atoms with van der Waals surface area (Å²) in [6, 6.07) is 14.8. The van der Waals surface area contributed by atoms with E-state index in [4.69, 9.17) is 5.73 Å². The molecule has 2 aromatic rings. The second-order valence-electron chi connectivity index (χ2n) is 5.80. The first-order chi connectivity index (χ1) is 9.75. The zero-order chi connectivity index (χ0) is 14.0. The molecule has 104 valence electrons. The summed E-state index contributed by atoms with van der Waals surface area (Å²) in [5.74, 6) is 0.334. The first-order valence-corrected chi connectivity index (χ1v) is 7.54. The summed E-state index contributed by atoms with van der Waals surface area (Å²) in [7, 11) is 0. The molecule has 3 rings (SSSR count). The molecular formula is C18H22N2. The van der Waals surface area contributed by atoms with E-state index in [0.29, 0.717) is 5.92 Å². The molecular weight excluding hydrogens is 244 g/mol. The van der Waals surface area contributed by atoms with E-state index in [0.717, 1.165) is 25.7 Å². The van der Waals surface area contributed by atoms with Gasteiger partial charge in [-0.1, -0.05) is 49.7 Å². The number of benzene rings is 1. The van der Waals surface area contributed by atoms with Crippen LogP contribution in [0.1, 0.15) is 48.9 Å². The van der Waals surface area contributed by atoms with E-state index in [-0.39, 0.29) is 5.54 Å². The lowest BCUT2D eigenvalue weighted by atomic mass is 9.74. The average Bonchev–Trinajstić information content (AvgIpc) is 2.93. The fourth-order valence-corrected chi connectivity index (χ4v) is 3.60. The Morgan fingerprint density at radius 2 is 2.00 bits per heavy atom. The van der Waals surface area contributed by atoms with Crippen LogP contribution in [0.5, 0.6) is 0 Å². The minimum Gasteiger partial charge on any atom is -0.321 e. The highest BCUT2D eigenvalue weighted by molar-refractivity contribution is 5.37. The molecule has 2 heteroatoms. The molecule has 1 aliphatic carbocycles. The minimum absolute atomic E-state index is 0.296. The van der Waals surface area contributed by atoms with Crippen LogP contribution in [0.15, 0.2) is 48.7 Å². The Kier molecular flexibility index (Phi) is 3.58. The molecule has 0 bridgehead atoms. The zero-order valence-corrected chi connectivity index (χ0v) is 12.0. The highest BCUT2D eigenvalue weighted by Gasteiger charge is 2.41. The van der Waals surface area contributed by atoms with Crippen LogP contribution in [0.2, 0.25) is 0 Å². The molecule has 1 aliphatic rings. The van der Waals surface area contributed by atoms with Gasteiger partial charge in [-0.05, 0) is 36.5 Å². The second kappa shape index (κ2) is 5.37. The summed E-state index contributed by atoms with van der Waals surface area (Å²) < 4.78 is 0. The Bertz CT molecular complexity index is 579. The Morgan fingerprint density at radius 3 is 2.75 bits per heavy atom. The third-order valence-electron chi connectivity index (χ3n) is 4.56. The molecule has 1 aromatic heterocycles. The van der Waals surface area contributed by atoms with Crippen molar-refractivity contribution in [2.24, 2.45) is 5.73 Å². The average molecular weight is 266 g/mol. The van der Waals surface area contributed by atoms with Gasteiger partial charge in [0.1, 0.15) is 0 Å². The molecule has 1 heterocycles. The SMILES string of the molecule is CCCC(N)(c1ccccc1)C1CCc2cccnc21. The van der Waals surface area contributed by atoms with Crippen molar-refractivity contribution >= 4 is 0 Å². The van der Waals surface area contributed by atoms with Crippen LogP contribution < -0.4 is 5.73 Å². The van der Waals surface area contributed by atoms with Gasteiger partial charge in [-0.3, -0.25) is 4.98 Å². The first kappa shape index (κ1) is 13.3. The second-order valence-corrected chi connectivity index (χ2v) is 5.80. The quantitative estimate of drug-likeness (QED) is 0.915. The fraction of sp³-hybridized carbons (Fsp3) is 0.389. The molecule has 0 aliphatic heterocycles. The van der Waals surface area contributed by atoms with Crippen LogP contribution in [0, 0.1) is 0 Å². The van der Waals surface area contributed by atoms with Gasteiger partial charge in [-0.2, -0.15) is 0 Å². The lowest BCUT2D eigenvalue weighted by Crippen LogP contribution is -2.42. The van der Waals surface area contributed by atoms with Crippen molar-refractivity contribution in [2.45, 2.75) is 44.1 Å². The van der Waals surface area contributed by atoms with E-state index in [1.807, 2.05) is 12.3 Å². The lowest BCUT2D eigenvalue weighted by molar-refractivity contribution is 0.318. The van der Waals surface area contributed by atoms with Crippen molar-refractivity contribution in [3.63, 3.8) is 0 Å². The number of aryl methyl sites for hydroxylation is 1. The van der Waals surface area contributed by atoms with E-state index in [1.54, 1.807) is 0 Å². The number of nitrogens with two attached hydrogens (primary N) is 1. The standard InChI is InChI=1S/C18H22N2/c1-2-12-18(19,15-8-4-3-5-9-15)16-11-10-14-7-6-13-20-17(14)16/h3-9,13,16H,2,10-12,19H2,1H3. The predicted octanol–water partition coefficient (Wildman–Crippen LogP) is 3.77. The van der Waals surface area contributed by atoms with Gasteiger partial charge in [0, 0.05) is 23.3 Å². The van der Waals surface area contributed by atoms with Crippen LogP contribution in [0.4, 0.5) is 0 Å².